The van der Waals surface area contributed by atoms with Crippen LogP contribution >= 0.6 is 0 Å². The lowest BCUT2D eigenvalue weighted by Crippen LogP contribution is -2.15. The molecular weight excluding hydrogens is 257 g/mol. The summed E-state index contributed by atoms with van der Waals surface area (Å²) in [6.07, 6.45) is 0.477. The molecule has 0 aliphatic carbocycles. The van der Waals surface area contributed by atoms with Crippen LogP contribution < -0.4 is 10.1 Å². The topological polar surface area (TPSA) is 84.9 Å². The summed E-state index contributed by atoms with van der Waals surface area (Å²) < 4.78 is 23.0. The smallest absolute Gasteiger partial charge is 0.412 e. The number of carbonyl (C=O) groups is 2. The number of benzene rings is 1. The number of ether oxygens (including phenoxy) is 2. The summed E-state index contributed by atoms with van der Waals surface area (Å²) in [7, 11) is 1.19. The molecule has 2 N–H and O–H groups in total. The lowest BCUT2D eigenvalue weighted by molar-refractivity contribution is 0.0696. The Morgan fingerprint density at radius 3 is 2.74 bits per heavy atom. The molecular formula is C12H12FNO5. The molecule has 102 valence electrons. The standard InChI is InChI=1S/C12H12FNO5/c1-3-4-19-12(17)14-9-6-7(11(15)16)5-8(13)10(9)18-2/h3,5-6H,1,4H2,2H3,(H,14,17)(H,15,16). The quantitative estimate of drug-likeness (QED) is 0.801. The number of halogens is 1. The van der Waals surface area contributed by atoms with Crippen molar-refractivity contribution >= 4 is 17.7 Å². The van der Waals surface area contributed by atoms with E-state index in [0.29, 0.717) is 0 Å². The number of rotatable bonds is 5. The van der Waals surface area contributed by atoms with Gasteiger partial charge in [-0.3, -0.25) is 5.32 Å². The van der Waals surface area contributed by atoms with E-state index in [4.69, 9.17) is 9.84 Å². The van der Waals surface area contributed by atoms with Crippen molar-refractivity contribution in [2.24, 2.45) is 0 Å². The molecule has 0 spiro atoms. The molecule has 0 atom stereocenters. The van der Waals surface area contributed by atoms with Crippen molar-refractivity contribution in [2.45, 2.75) is 0 Å². The average Bonchev–Trinajstić information content (AvgIpc) is 2.35. The summed E-state index contributed by atoms with van der Waals surface area (Å²) in [5, 5.41) is 11.0. The van der Waals surface area contributed by atoms with Crippen molar-refractivity contribution in [1.82, 2.24) is 0 Å². The van der Waals surface area contributed by atoms with Gasteiger partial charge in [0.25, 0.3) is 0 Å². The number of carbonyl (C=O) groups excluding carboxylic acids is 1. The Kier molecular flexibility index (Phi) is 4.87. The number of carboxylic acids is 1. The minimum Gasteiger partial charge on any atom is -0.492 e. The molecule has 0 saturated heterocycles. The lowest BCUT2D eigenvalue weighted by atomic mass is 10.1. The zero-order chi connectivity index (χ0) is 14.4. The van der Waals surface area contributed by atoms with Crippen LogP contribution in [0.4, 0.5) is 14.9 Å². The third-order valence-corrected chi connectivity index (χ3v) is 2.06. The molecule has 6 nitrogen and oxygen atoms in total. The van der Waals surface area contributed by atoms with Gasteiger partial charge in [-0.05, 0) is 12.1 Å². The van der Waals surface area contributed by atoms with E-state index in [1.54, 1.807) is 0 Å². The Bertz CT molecular complexity index is 515. The fourth-order valence-corrected chi connectivity index (χ4v) is 1.30. The first-order valence-corrected chi connectivity index (χ1v) is 5.15. The Hall–Kier alpha value is -2.57. The van der Waals surface area contributed by atoms with Crippen molar-refractivity contribution in [3.05, 3.63) is 36.2 Å². The normalized spacial score (nSPS) is 9.58. The van der Waals surface area contributed by atoms with Gasteiger partial charge in [0, 0.05) is 0 Å². The highest BCUT2D eigenvalue weighted by Gasteiger charge is 2.17. The number of carboxylic acid groups (broad SMARTS) is 1. The van der Waals surface area contributed by atoms with Gasteiger partial charge in [-0.1, -0.05) is 12.7 Å². The number of anilines is 1. The molecule has 1 amide bonds. The molecule has 0 heterocycles. The first kappa shape index (κ1) is 14.5. The first-order chi connectivity index (χ1) is 8.99. The number of nitrogens with one attached hydrogen (secondary N) is 1. The van der Waals surface area contributed by atoms with Crippen LogP contribution in [0.15, 0.2) is 24.8 Å². The highest BCUT2D eigenvalue weighted by molar-refractivity contribution is 5.93. The second kappa shape index (κ2) is 6.39. The van der Waals surface area contributed by atoms with Crippen LogP contribution in [0, 0.1) is 5.82 Å². The molecule has 1 rings (SSSR count). The summed E-state index contributed by atoms with van der Waals surface area (Å²) in [5.41, 5.74) is -0.453. The third-order valence-electron chi connectivity index (χ3n) is 2.06. The van der Waals surface area contributed by atoms with Gasteiger partial charge in [0.05, 0.1) is 18.4 Å². The van der Waals surface area contributed by atoms with E-state index in [1.807, 2.05) is 0 Å². The van der Waals surface area contributed by atoms with Crippen LogP contribution in [-0.2, 0) is 4.74 Å². The molecule has 0 aliphatic heterocycles. The molecule has 1 aromatic carbocycles. The molecule has 0 saturated carbocycles. The molecule has 1 aromatic rings. The summed E-state index contributed by atoms with van der Waals surface area (Å²) in [6, 6.07) is 1.86. The highest BCUT2D eigenvalue weighted by atomic mass is 19.1. The predicted molar refractivity (Wildman–Crippen MR) is 65.1 cm³/mol. The Morgan fingerprint density at radius 2 is 2.21 bits per heavy atom. The Labute approximate surface area is 108 Å². The molecule has 19 heavy (non-hydrogen) atoms. The Morgan fingerprint density at radius 1 is 1.53 bits per heavy atom. The van der Waals surface area contributed by atoms with E-state index in [0.717, 1.165) is 12.1 Å². The lowest BCUT2D eigenvalue weighted by Gasteiger charge is -2.11. The van der Waals surface area contributed by atoms with Crippen molar-refractivity contribution in [1.29, 1.82) is 0 Å². The molecule has 0 aliphatic rings. The van der Waals surface area contributed by atoms with Gasteiger partial charge < -0.3 is 14.6 Å². The van der Waals surface area contributed by atoms with Crippen LogP contribution in [0.25, 0.3) is 0 Å². The molecule has 0 aromatic heterocycles. The fraction of sp³-hybridized carbons (Fsp3) is 0.167. The van der Waals surface area contributed by atoms with Gasteiger partial charge in [0.1, 0.15) is 6.61 Å². The van der Waals surface area contributed by atoms with Crippen LogP contribution in [0.2, 0.25) is 0 Å². The third kappa shape index (κ3) is 3.70. The van der Waals surface area contributed by atoms with Crippen LogP contribution in [0.3, 0.4) is 0 Å². The second-order valence-electron chi connectivity index (χ2n) is 3.36. The van der Waals surface area contributed by atoms with Gasteiger partial charge >= 0.3 is 12.1 Å². The van der Waals surface area contributed by atoms with Crippen LogP contribution in [-0.4, -0.2) is 30.9 Å². The summed E-state index contributed by atoms with van der Waals surface area (Å²) in [6.45, 7) is 3.32. The molecule has 0 radical (unpaired) electrons. The van der Waals surface area contributed by atoms with Crippen molar-refractivity contribution in [2.75, 3.05) is 19.0 Å². The van der Waals surface area contributed by atoms with Crippen molar-refractivity contribution in [3.8, 4) is 5.75 Å². The van der Waals surface area contributed by atoms with E-state index < -0.39 is 17.9 Å². The number of hydrogen-bond donors (Lipinski definition) is 2. The van der Waals surface area contributed by atoms with Gasteiger partial charge in [0.2, 0.25) is 0 Å². The SMILES string of the molecule is C=CCOC(=O)Nc1cc(C(=O)O)cc(F)c1OC. The van der Waals surface area contributed by atoms with E-state index in [1.165, 1.54) is 13.2 Å². The van der Waals surface area contributed by atoms with Crippen molar-refractivity contribution < 1.29 is 28.6 Å². The summed E-state index contributed by atoms with van der Waals surface area (Å²) in [4.78, 5) is 22.1. The minimum absolute atomic E-state index is 0.0325. The van der Waals surface area contributed by atoms with Gasteiger partial charge in [0.15, 0.2) is 11.6 Å². The number of amides is 1. The van der Waals surface area contributed by atoms with Crippen LogP contribution in [0.5, 0.6) is 5.75 Å². The maximum absolute atomic E-state index is 13.6. The molecule has 0 fully saturated rings. The maximum Gasteiger partial charge on any atom is 0.412 e. The van der Waals surface area contributed by atoms with Gasteiger partial charge in [-0.2, -0.15) is 0 Å². The second-order valence-corrected chi connectivity index (χ2v) is 3.36. The molecule has 7 heteroatoms. The zero-order valence-electron chi connectivity index (χ0n) is 10.1. The number of hydrogen-bond acceptors (Lipinski definition) is 4. The molecule has 0 bridgehead atoms. The largest absolute Gasteiger partial charge is 0.492 e. The highest BCUT2D eigenvalue weighted by Crippen LogP contribution is 2.29. The average molecular weight is 269 g/mol. The summed E-state index contributed by atoms with van der Waals surface area (Å²) >= 11 is 0. The fourth-order valence-electron chi connectivity index (χ4n) is 1.30. The van der Waals surface area contributed by atoms with Gasteiger partial charge in [-0.15, -0.1) is 0 Å². The minimum atomic E-state index is -1.33. The van der Waals surface area contributed by atoms with E-state index in [-0.39, 0.29) is 23.6 Å². The van der Waals surface area contributed by atoms with E-state index >= 15 is 0 Å². The monoisotopic (exact) mass is 269 g/mol. The number of aromatic carboxylic acids is 1. The molecule has 0 unspecified atom stereocenters. The maximum atomic E-state index is 13.6. The first-order valence-electron chi connectivity index (χ1n) is 5.15. The van der Waals surface area contributed by atoms with Crippen molar-refractivity contribution in [3.63, 3.8) is 0 Å². The number of methoxy groups -OCH3 is 1. The zero-order valence-corrected chi connectivity index (χ0v) is 10.1. The predicted octanol–water partition coefficient (Wildman–Crippen LogP) is 2.27. The Balaban J connectivity index is 3.06. The van der Waals surface area contributed by atoms with Crippen LogP contribution in [0.1, 0.15) is 10.4 Å². The summed E-state index contributed by atoms with van der Waals surface area (Å²) in [5.74, 6) is -2.51. The van der Waals surface area contributed by atoms with Gasteiger partial charge in [-0.25, -0.2) is 14.0 Å². The van der Waals surface area contributed by atoms with E-state index in [9.17, 15) is 14.0 Å². The van der Waals surface area contributed by atoms with E-state index in [2.05, 4.69) is 16.6 Å².